The number of amides is 1. The second-order valence-electron chi connectivity index (χ2n) is 7.01. The fourth-order valence-corrected chi connectivity index (χ4v) is 4.52. The van der Waals surface area contributed by atoms with Crippen LogP contribution < -0.4 is 4.72 Å². The van der Waals surface area contributed by atoms with Crippen LogP contribution in [0.4, 0.5) is 0 Å². The Labute approximate surface area is 179 Å². The monoisotopic (exact) mass is 445 g/mol. The van der Waals surface area contributed by atoms with Gasteiger partial charge in [-0.25, -0.2) is 17.8 Å². The third kappa shape index (κ3) is 4.53. The molecule has 2 heterocycles. The van der Waals surface area contributed by atoms with Crippen molar-refractivity contribution in [3.63, 3.8) is 0 Å². The molecule has 1 aliphatic heterocycles. The van der Waals surface area contributed by atoms with Crippen molar-refractivity contribution in [2.75, 3.05) is 19.6 Å². The number of hydrogen-bond donors (Lipinski definition) is 1. The van der Waals surface area contributed by atoms with Crippen molar-refractivity contribution in [1.82, 2.24) is 24.6 Å². The van der Waals surface area contributed by atoms with Gasteiger partial charge in [0.05, 0.1) is 17.1 Å². The Bertz CT molecular complexity index is 1140. The van der Waals surface area contributed by atoms with E-state index < -0.39 is 10.0 Å². The fourth-order valence-electron chi connectivity index (χ4n) is 3.19. The molecule has 8 nitrogen and oxygen atoms in total. The SMILES string of the molecule is O=C(CCNS(=O)(=O)c1cccc(Cl)c1)N1CC(n2cc(-c3ccccc3)nn2)C1. The molecular weight excluding hydrogens is 426 g/mol. The van der Waals surface area contributed by atoms with Gasteiger partial charge in [0.1, 0.15) is 5.69 Å². The zero-order chi connectivity index (χ0) is 21.1. The highest BCUT2D eigenvalue weighted by Gasteiger charge is 2.32. The largest absolute Gasteiger partial charge is 0.338 e. The van der Waals surface area contributed by atoms with E-state index in [1.807, 2.05) is 36.5 Å². The molecule has 1 amide bonds. The van der Waals surface area contributed by atoms with Crippen LogP contribution in [0.15, 0.2) is 65.7 Å². The Balaban J connectivity index is 1.25. The van der Waals surface area contributed by atoms with Crippen LogP contribution in [0.2, 0.25) is 5.02 Å². The molecule has 1 fully saturated rings. The molecule has 10 heteroatoms. The predicted octanol–water partition coefficient (Wildman–Crippen LogP) is 2.35. The van der Waals surface area contributed by atoms with Crippen LogP contribution >= 0.6 is 11.6 Å². The number of benzene rings is 2. The maximum absolute atomic E-state index is 12.3. The summed E-state index contributed by atoms with van der Waals surface area (Å²) in [7, 11) is -3.70. The number of aromatic nitrogens is 3. The van der Waals surface area contributed by atoms with E-state index in [9.17, 15) is 13.2 Å². The predicted molar refractivity (Wildman–Crippen MR) is 112 cm³/mol. The first-order valence-corrected chi connectivity index (χ1v) is 11.3. The van der Waals surface area contributed by atoms with Gasteiger partial charge in [-0.1, -0.05) is 53.2 Å². The second kappa shape index (κ2) is 8.55. The highest BCUT2D eigenvalue weighted by Crippen LogP contribution is 2.23. The third-order valence-corrected chi connectivity index (χ3v) is 6.60. The Morgan fingerprint density at radius 2 is 1.90 bits per heavy atom. The van der Waals surface area contributed by atoms with Crippen molar-refractivity contribution >= 4 is 27.5 Å². The molecule has 156 valence electrons. The number of carbonyl (C=O) groups excluding carboxylic acids is 1. The van der Waals surface area contributed by atoms with Gasteiger partial charge in [0.15, 0.2) is 0 Å². The molecule has 3 aromatic rings. The minimum Gasteiger partial charge on any atom is -0.338 e. The second-order valence-corrected chi connectivity index (χ2v) is 9.21. The first kappa shape index (κ1) is 20.5. The van der Waals surface area contributed by atoms with E-state index in [-0.39, 0.29) is 29.8 Å². The smallest absolute Gasteiger partial charge is 0.240 e. The lowest BCUT2D eigenvalue weighted by molar-refractivity contribution is -0.137. The van der Waals surface area contributed by atoms with Crippen molar-refractivity contribution < 1.29 is 13.2 Å². The number of rotatable bonds is 7. The van der Waals surface area contributed by atoms with Crippen molar-refractivity contribution in [2.24, 2.45) is 0 Å². The summed E-state index contributed by atoms with van der Waals surface area (Å²) in [6, 6.07) is 15.8. The zero-order valence-electron chi connectivity index (χ0n) is 16.0. The van der Waals surface area contributed by atoms with Crippen molar-refractivity contribution in [1.29, 1.82) is 0 Å². The number of halogens is 1. The molecule has 4 rings (SSSR count). The standard InChI is InChI=1S/C20H20ClN5O3S/c21-16-7-4-8-18(11-16)30(28,29)22-10-9-20(27)25-12-17(13-25)26-14-19(23-24-26)15-5-2-1-3-6-15/h1-8,11,14,17,22H,9-10,12-13H2. The molecule has 0 spiro atoms. The number of nitrogens with zero attached hydrogens (tertiary/aromatic N) is 4. The summed E-state index contributed by atoms with van der Waals surface area (Å²) >= 11 is 5.84. The van der Waals surface area contributed by atoms with Gasteiger partial charge in [-0.15, -0.1) is 5.10 Å². The lowest BCUT2D eigenvalue weighted by atomic mass is 10.1. The maximum Gasteiger partial charge on any atom is 0.240 e. The molecule has 0 aliphatic carbocycles. The van der Waals surface area contributed by atoms with E-state index in [1.165, 1.54) is 12.1 Å². The van der Waals surface area contributed by atoms with E-state index >= 15 is 0 Å². The highest BCUT2D eigenvalue weighted by atomic mass is 35.5. The molecule has 0 bridgehead atoms. The lowest BCUT2D eigenvalue weighted by Crippen LogP contribution is -2.51. The summed E-state index contributed by atoms with van der Waals surface area (Å²) in [5, 5.41) is 8.70. The van der Waals surface area contributed by atoms with E-state index in [4.69, 9.17) is 11.6 Å². The molecule has 0 radical (unpaired) electrons. The summed E-state index contributed by atoms with van der Waals surface area (Å²) in [4.78, 5) is 14.1. The molecule has 0 atom stereocenters. The average Bonchev–Trinajstić information content (AvgIpc) is 3.17. The van der Waals surface area contributed by atoms with Gasteiger partial charge in [0, 0.05) is 36.6 Å². The third-order valence-electron chi connectivity index (χ3n) is 4.91. The lowest BCUT2D eigenvalue weighted by Gasteiger charge is -2.38. The molecule has 0 unspecified atom stereocenters. The van der Waals surface area contributed by atoms with Gasteiger partial charge >= 0.3 is 0 Å². The molecule has 0 saturated carbocycles. The normalized spacial score (nSPS) is 14.5. The molecule has 1 aliphatic rings. The van der Waals surface area contributed by atoms with Gasteiger partial charge in [-0.05, 0) is 18.2 Å². The molecule has 2 aromatic carbocycles. The number of nitrogens with one attached hydrogen (secondary N) is 1. The van der Waals surface area contributed by atoms with Gasteiger partial charge < -0.3 is 4.90 Å². The van der Waals surface area contributed by atoms with Gasteiger partial charge in [0.2, 0.25) is 15.9 Å². The maximum atomic E-state index is 12.3. The average molecular weight is 446 g/mol. The van der Waals surface area contributed by atoms with E-state index in [1.54, 1.807) is 21.7 Å². The molecule has 1 saturated heterocycles. The Hall–Kier alpha value is -2.75. The molecule has 1 N–H and O–H groups in total. The van der Waals surface area contributed by atoms with Crippen molar-refractivity contribution in [2.45, 2.75) is 17.4 Å². The summed E-state index contributed by atoms with van der Waals surface area (Å²) in [6.45, 7) is 1.07. The Morgan fingerprint density at radius 1 is 1.13 bits per heavy atom. The highest BCUT2D eigenvalue weighted by molar-refractivity contribution is 7.89. The van der Waals surface area contributed by atoms with Gasteiger partial charge in [-0.3, -0.25) is 4.79 Å². The van der Waals surface area contributed by atoms with Crippen LogP contribution in [-0.4, -0.2) is 53.9 Å². The summed E-state index contributed by atoms with van der Waals surface area (Å²) in [5.41, 5.74) is 1.78. The molecule has 1 aromatic heterocycles. The fraction of sp³-hybridized carbons (Fsp3) is 0.250. The van der Waals surface area contributed by atoms with Crippen LogP contribution in [-0.2, 0) is 14.8 Å². The number of sulfonamides is 1. The van der Waals surface area contributed by atoms with Crippen LogP contribution in [0.25, 0.3) is 11.3 Å². The van der Waals surface area contributed by atoms with Gasteiger partial charge in [-0.2, -0.15) is 0 Å². The summed E-state index contributed by atoms with van der Waals surface area (Å²) in [5.74, 6) is -0.108. The Morgan fingerprint density at radius 3 is 2.63 bits per heavy atom. The Kier molecular flexibility index (Phi) is 5.85. The molecule has 30 heavy (non-hydrogen) atoms. The minimum absolute atomic E-state index is 0.0241. The van der Waals surface area contributed by atoms with Crippen LogP contribution in [0.5, 0.6) is 0 Å². The summed E-state index contributed by atoms with van der Waals surface area (Å²) in [6.07, 6.45) is 1.96. The van der Waals surface area contributed by atoms with Gasteiger partial charge in [0.25, 0.3) is 0 Å². The molecular formula is C20H20ClN5O3S. The minimum atomic E-state index is -3.70. The van der Waals surface area contributed by atoms with Crippen LogP contribution in [0, 0.1) is 0 Å². The van der Waals surface area contributed by atoms with Crippen LogP contribution in [0.3, 0.4) is 0 Å². The quantitative estimate of drug-likeness (QED) is 0.602. The van der Waals surface area contributed by atoms with E-state index in [0.717, 1.165) is 11.3 Å². The first-order chi connectivity index (χ1) is 14.4. The topological polar surface area (TPSA) is 97.2 Å². The number of carbonyl (C=O) groups is 1. The zero-order valence-corrected chi connectivity index (χ0v) is 17.6. The summed E-state index contributed by atoms with van der Waals surface area (Å²) < 4.78 is 28.7. The van der Waals surface area contributed by atoms with Crippen molar-refractivity contribution in [3.8, 4) is 11.3 Å². The number of likely N-dealkylation sites (tertiary alicyclic amines) is 1. The number of hydrogen-bond acceptors (Lipinski definition) is 5. The van der Waals surface area contributed by atoms with E-state index in [0.29, 0.717) is 18.1 Å². The van der Waals surface area contributed by atoms with Crippen LogP contribution in [0.1, 0.15) is 12.5 Å². The van der Waals surface area contributed by atoms with E-state index in [2.05, 4.69) is 15.0 Å². The van der Waals surface area contributed by atoms with Crippen molar-refractivity contribution in [3.05, 3.63) is 65.8 Å². The first-order valence-electron chi connectivity index (χ1n) is 9.43.